The van der Waals surface area contributed by atoms with Crippen LogP contribution < -0.4 is 10.6 Å². The van der Waals surface area contributed by atoms with Crippen LogP contribution >= 0.6 is 11.6 Å². The molecule has 0 unspecified atom stereocenters. The molecule has 184 valence electrons. The van der Waals surface area contributed by atoms with Crippen molar-refractivity contribution >= 4 is 40.6 Å². The Morgan fingerprint density at radius 3 is 2.35 bits per heavy atom. The Kier molecular flexibility index (Phi) is 6.33. The number of amides is 2. The van der Waals surface area contributed by atoms with Gasteiger partial charge in [-0.3, -0.25) is 14.0 Å². The van der Waals surface area contributed by atoms with Crippen molar-refractivity contribution in [3.05, 3.63) is 113 Å². The number of anilines is 2. The quantitative estimate of drug-likeness (QED) is 0.298. The Morgan fingerprint density at radius 1 is 0.838 bits per heavy atom. The molecule has 0 saturated carbocycles. The molecule has 11 heteroatoms. The molecule has 2 amide bonds. The SMILES string of the molecule is O=C(Nc1cccc(-c2cnc3c(NC(=O)c4cc(F)cc(F)c4)nccn23)c1)c1ccc(F)c(Cl)c1. The lowest BCUT2D eigenvalue weighted by Crippen LogP contribution is -2.14. The van der Waals surface area contributed by atoms with Gasteiger partial charge in [0.2, 0.25) is 0 Å². The molecule has 2 N–H and O–H groups in total. The van der Waals surface area contributed by atoms with Crippen molar-refractivity contribution in [1.29, 1.82) is 0 Å². The van der Waals surface area contributed by atoms with Crippen LogP contribution in [0.25, 0.3) is 16.9 Å². The summed E-state index contributed by atoms with van der Waals surface area (Å²) in [6, 6.07) is 13.1. The van der Waals surface area contributed by atoms with Crippen molar-refractivity contribution < 1.29 is 22.8 Å². The third-order valence-corrected chi connectivity index (χ3v) is 5.67. The Bertz CT molecular complexity index is 1670. The van der Waals surface area contributed by atoms with Gasteiger partial charge in [0.25, 0.3) is 11.8 Å². The normalized spacial score (nSPS) is 10.9. The summed E-state index contributed by atoms with van der Waals surface area (Å²) < 4.78 is 42.1. The van der Waals surface area contributed by atoms with Gasteiger partial charge in [0, 0.05) is 40.8 Å². The van der Waals surface area contributed by atoms with Crippen molar-refractivity contribution in [1.82, 2.24) is 14.4 Å². The summed E-state index contributed by atoms with van der Waals surface area (Å²) in [6.45, 7) is 0. The summed E-state index contributed by atoms with van der Waals surface area (Å²) in [4.78, 5) is 33.6. The van der Waals surface area contributed by atoms with Gasteiger partial charge in [-0.05, 0) is 42.5 Å². The van der Waals surface area contributed by atoms with Gasteiger partial charge < -0.3 is 10.6 Å². The van der Waals surface area contributed by atoms with E-state index in [0.717, 1.165) is 18.2 Å². The smallest absolute Gasteiger partial charge is 0.257 e. The summed E-state index contributed by atoms with van der Waals surface area (Å²) >= 11 is 5.77. The van der Waals surface area contributed by atoms with E-state index in [-0.39, 0.29) is 27.6 Å². The Morgan fingerprint density at radius 2 is 1.59 bits per heavy atom. The van der Waals surface area contributed by atoms with E-state index in [1.54, 1.807) is 41.1 Å². The zero-order valence-electron chi connectivity index (χ0n) is 18.7. The summed E-state index contributed by atoms with van der Waals surface area (Å²) in [6.07, 6.45) is 4.61. The van der Waals surface area contributed by atoms with Gasteiger partial charge in [-0.25, -0.2) is 23.1 Å². The molecule has 3 aromatic carbocycles. The summed E-state index contributed by atoms with van der Waals surface area (Å²) in [5.74, 6) is -3.53. The highest BCUT2D eigenvalue weighted by Gasteiger charge is 2.16. The molecule has 0 saturated heterocycles. The van der Waals surface area contributed by atoms with Gasteiger partial charge in [-0.15, -0.1) is 0 Å². The maximum atomic E-state index is 13.5. The molecule has 0 aliphatic carbocycles. The average molecular weight is 522 g/mol. The molecule has 0 aliphatic heterocycles. The van der Waals surface area contributed by atoms with Crippen LogP contribution in [0.2, 0.25) is 5.02 Å². The maximum absolute atomic E-state index is 13.5. The molecule has 5 aromatic rings. The molecular weight excluding hydrogens is 507 g/mol. The van der Waals surface area contributed by atoms with Gasteiger partial charge in [0.15, 0.2) is 11.5 Å². The molecule has 0 aliphatic rings. The van der Waals surface area contributed by atoms with Crippen LogP contribution in [-0.2, 0) is 0 Å². The highest BCUT2D eigenvalue weighted by atomic mass is 35.5. The largest absolute Gasteiger partial charge is 0.322 e. The highest BCUT2D eigenvalue weighted by Crippen LogP contribution is 2.26. The minimum Gasteiger partial charge on any atom is -0.322 e. The molecule has 2 heterocycles. The van der Waals surface area contributed by atoms with E-state index in [1.165, 1.54) is 18.3 Å². The van der Waals surface area contributed by atoms with Gasteiger partial charge in [0.1, 0.15) is 17.5 Å². The molecule has 0 spiro atoms. The first kappa shape index (κ1) is 24.0. The lowest BCUT2D eigenvalue weighted by Gasteiger charge is -2.09. The number of imidazole rings is 1. The van der Waals surface area contributed by atoms with Crippen LogP contribution in [0.1, 0.15) is 20.7 Å². The molecule has 0 radical (unpaired) electrons. The fraction of sp³-hybridized carbons (Fsp3) is 0. The minimum absolute atomic E-state index is 0.0843. The minimum atomic E-state index is -0.881. The van der Waals surface area contributed by atoms with Crippen LogP contribution in [0.15, 0.2) is 79.3 Å². The van der Waals surface area contributed by atoms with E-state index in [4.69, 9.17) is 11.6 Å². The maximum Gasteiger partial charge on any atom is 0.257 e. The number of benzene rings is 3. The molecule has 7 nitrogen and oxygen atoms in total. The Balaban J connectivity index is 1.41. The molecule has 2 aromatic heterocycles. The van der Waals surface area contributed by atoms with Crippen molar-refractivity contribution in [2.75, 3.05) is 10.6 Å². The first-order chi connectivity index (χ1) is 17.8. The number of aromatic nitrogens is 3. The van der Waals surface area contributed by atoms with E-state index in [0.29, 0.717) is 23.0 Å². The standard InChI is InChI=1S/C26H15ClF3N5O2/c27-20-11-15(4-5-21(20)30)25(36)33-19-3-1-2-14(10-19)22-13-32-24-23(31-6-7-35(22)24)34-26(37)16-8-17(28)12-18(29)9-16/h1-13H,(H,33,36)(H,31,34,37). The fourth-order valence-corrected chi connectivity index (χ4v) is 3.86. The fourth-order valence-electron chi connectivity index (χ4n) is 3.68. The van der Waals surface area contributed by atoms with Crippen LogP contribution in [0.4, 0.5) is 24.7 Å². The van der Waals surface area contributed by atoms with E-state index >= 15 is 0 Å². The number of nitrogens with one attached hydrogen (secondary N) is 2. The zero-order chi connectivity index (χ0) is 26.1. The number of nitrogens with zero attached hydrogens (tertiary/aromatic N) is 3. The third kappa shape index (κ3) is 5.00. The van der Waals surface area contributed by atoms with Gasteiger partial charge >= 0.3 is 0 Å². The van der Waals surface area contributed by atoms with Crippen molar-refractivity contribution in [2.24, 2.45) is 0 Å². The number of fused-ring (bicyclic) bond motifs is 1. The average Bonchev–Trinajstić information content (AvgIpc) is 3.30. The van der Waals surface area contributed by atoms with E-state index < -0.39 is 29.3 Å². The molecule has 37 heavy (non-hydrogen) atoms. The Hall–Kier alpha value is -4.70. The van der Waals surface area contributed by atoms with Gasteiger partial charge in [-0.1, -0.05) is 23.7 Å². The first-order valence-corrected chi connectivity index (χ1v) is 11.1. The number of hydrogen-bond acceptors (Lipinski definition) is 4. The van der Waals surface area contributed by atoms with Crippen LogP contribution in [0.3, 0.4) is 0 Å². The number of halogens is 4. The monoisotopic (exact) mass is 521 g/mol. The summed E-state index contributed by atoms with van der Waals surface area (Å²) in [7, 11) is 0. The van der Waals surface area contributed by atoms with E-state index in [9.17, 15) is 22.8 Å². The second kappa shape index (κ2) is 9.75. The second-order valence-electron chi connectivity index (χ2n) is 7.89. The lowest BCUT2D eigenvalue weighted by atomic mass is 10.1. The first-order valence-electron chi connectivity index (χ1n) is 10.7. The summed E-state index contributed by atoms with van der Waals surface area (Å²) in [5.41, 5.74) is 2.03. The van der Waals surface area contributed by atoms with E-state index in [1.807, 2.05) is 0 Å². The number of hydrogen-bond donors (Lipinski definition) is 2. The predicted molar refractivity (Wildman–Crippen MR) is 132 cm³/mol. The van der Waals surface area contributed by atoms with Crippen molar-refractivity contribution in [3.63, 3.8) is 0 Å². The van der Waals surface area contributed by atoms with E-state index in [2.05, 4.69) is 20.6 Å². The molecule has 5 rings (SSSR count). The van der Waals surface area contributed by atoms with Gasteiger partial charge in [-0.2, -0.15) is 0 Å². The lowest BCUT2D eigenvalue weighted by molar-refractivity contribution is 0.101. The van der Waals surface area contributed by atoms with Crippen LogP contribution in [0.5, 0.6) is 0 Å². The van der Waals surface area contributed by atoms with Crippen LogP contribution in [-0.4, -0.2) is 26.2 Å². The van der Waals surface area contributed by atoms with Gasteiger partial charge in [0.05, 0.1) is 16.9 Å². The van der Waals surface area contributed by atoms with Crippen LogP contribution in [0, 0.1) is 17.5 Å². The molecule has 0 fully saturated rings. The topological polar surface area (TPSA) is 88.4 Å². The Labute approximate surface area is 212 Å². The molecule has 0 atom stereocenters. The van der Waals surface area contributed by atoms with Crippen molar-refractivity contribution in [2.45, 2.75) is 0 Å². The molecule has 0 bridgehead atoms. The van der Waals surface area contributed by atoms with Crippen molar-refractivity contribution in [3.8, 4) is 11.3 Å². The summed E-state index contributed by atoms with van der Waals surface area (Å²) in [5, 5.41) is 5.10. The number of carbonyl (C=O) groups excluding carboxylic acids is 2. The third-order valence-electron chi connectivity index (χ3n) is 5.38. The zero-order valence-corrected chi connectivity index (χ0v) is 19.4. The predicted octanol–water partition coefficient (Wildman–Crippen LogP) is 5.97. The molecular formula is C26H15ClF3N5O2. The number of carbonyl (C=O) groups is 2. The highest BCUT2D eigenvalue weighted by molar-refractivity contribution is 6.31. The second-order valence-corrected chi connectivity index (χ2v) is 8.30. The number of rotatable bonds is 5.